The number of ether oxygens (including phenoxy) is 1. The highest BCUT2D eigenvalue weighted by Crippen LogP contribution is 2.24. The second kappa shape index (κ2) is 6.13. The van der Waals surface area contributed by atoms with Gasteiger partial charge in [0.25, 0.3) is 5.91 Å². The lowest BCUT2D eigenvalue weighted by molar-refractivity contribution is -0.274. The van der Waals surface area contributed by atoms with E-state index in [9.17, 15) is 18.0 Å². The third-order valence-corrected chi connectivity index (χ3v) is 2.95. The van der Waals surface area contributed by atoms with Crippen LogP contribution in [0.25, 0.3) is 0 Å². The predicted molar refractivity (Wildman–Crippen MR) is 72.5 cm³/mol. The van der Waals surface area contributed by atoms with Gasteiger partial charge in [0.2, 0.25) is 0 Å². The van der Waals surface area contributed by atoms with Gasteiger partial charge in [-0.05, 0) is 37.6 Å². The number of nitrogens with one attached hydrogen (secondary N) is 1. The maximum absolute atomic E-state index is 12.1. The van der Waals surface area contributed by atoms with Crippen LogP contribution in [0.15, 0.2) is 41.0 Å². The summed E-state index contributed by atoms with van der Waals surface area (Å²) in [6.45, 7) is 3.45. The van der Waals surface area contributed by atoms with Crippen LogP contribution in [0, 0.1) is 6.92 Å². The lowest BCUT2D eigenvalue weighted by Crippen LogP contribution is -2.26. The Labute approximate surface area is 124 Å². The summed E-state index contributed by atoms with van der Waals surface area (Å²) in [7, 11) is 0. The van der Waals surface area contributed by atoms with Crippen LogP contribution in [-0.2, 0) is 0 Å². The number of rotatable bonds is 4. The van der Waals surface area contributed by atoms with Crippen molar-refractivity contribution in [1.29, 1.82) is 0 Å². The Bertz CT molecular complexity index is 647. The normalized spacial score (nSPS) is 12.8. The number of amides is 1. The van der Waals surface area contributed by atoms with E-state index >= 15 is 0 Å². The van der Waals surface area contributed by atoms with Crippen molar-refractivity contribution >= 4 is 5.91 Å². The average molecular weight is 313 g/mol. The van der Waals surface area contributed by atoms with Gasteiger partial charge in [0.15, 0.2) is 0 Å². The van der Waals surface area contributed by atoms with Gasteiger partial charge < -0.3 is 14.5 Å². The number of aryl methyl sites for hydroxylation is 1. The molecule has 22 heavy (non-hydrogen) atoms. The summed E-state index contributed by atoms with van der Waals surface area (Å²) in [6, 6.07) is 6.56. The lowest BCUT2D eigenvalue weighted by atomic mass is 10.1. The number of furan rings is 1. The molecular formula is C15H14F3NO3. The standard InChI is InChI=1S/C15H14F3NO3/c1-9-7-12(8-21-9)14(20)19-10(2)11-3-5-13(6-4-11)22-15(16,17)18/h3-8,10H,1-2H3,(H,19,20)/t10-/m0/s1. The Morgan fingerprint density at radius 1 is 1.27 bits per heavy atom. The molecule has 0 fully saturated rings. The van der Waals surface area contributed by atoms with Crippen LogP contribution in [0.3, 0.4) is 0 Å². The molecule has 0 unspecified atom stereocenters. The molecule has 2 aromatic rings. The van der Waals surface area contributed by atoms with E-state index in [0.717, 1.165) is 0 Å². The summed E-state index contributed by atoms with van der Waals surface area (Å²) in [5.41, 5.74) is 1.05. The van der Waals surface area contributed by atoms with Crippen molar-refractivity contribution in [2.45, 2.75) is 26.3 Å². The quantitative estimate of drug-likeness (QED) is 0.929. The summed E-state index contributed by atoms with van der Waals surface area (Å²) >= 11 is 0. The van der Waals surface area contributed by atoms with Crippen LogP contribution in [0.2, 0.25) is 0 Å². The van der Waals surface area contributed by atoms with E-state index in [-0.39, 0.29) is 17.7 Å². The van der Waals surface area contributed by atoms with Gasteiger partial charge in [0, 0.05) is 0 Å². The number of carbonyl (C=O) groups excluding carboxylic acids is 1. The van der Waals surface area contributed by atoms with E-state index < -0.39 is 6.36 Å². The molecule has 1 N–H and O–H groups in total. The van der Waals surface area contributed by atoms with E-state index in [0.29, 0.717) is 16.9 Å². The molecule has 0 radical (unpaired) electrons. The fraction of sp³-hybridized carbons (Fsp3) is 0.267. The van der Waals surface area contributed by atoms with Gasteiger partial charge in [-0.2, -0.15) is 0 Å². The number of benzene rings is 1. The molecule has 0 bridgehead atoms. The van der Waals surface area contributed by atoms with E-state index in [2.05, 4.69) is 10.1 Å². The van der Waals surface area contributed by atoms with Crippen molar-refractivity contribution in [3.63, 3.8) is 0 Å². The van der Waals surface area contributed by atoms with Crippen molar-refractivity contribution in [1.82, 2.24) is 5.32 Å². The van der Waals surface area contributed by atoms with E-state index in [1.54, 1.807) is 19.9 Å². The molecule has 0 spiro atoms. The lowest BCUT2D eigenvalue weighted by Gasteiger charge is -2.15. The zero-order chi connectivity index (χ0) is 16.3. The fourth-order valence-electron chi connectivity index (χ4n) is 1.88. The highest BCUT2D eigenvalue weighted by Gasteiger charge is 2.31. The number of halogens is 3. The topological polar surface area (TPSA) is 51.5 Å². The molecule has 0 saturated heterocycles. The largest absolute Gasteiger partial charge is 0.573 e. The monoisotopic (exact) mass is 313 g/mol. The summed E-state index contributed by atoms with van der Waals surface area (Å²) in [5, 5.41) is 2.73. The maximum atomic E-state index is 12.1. The number of carbonyl (C=O) groups is 1. The third-order valence-electron chi connectivity index (χ3n) is 2.95. The molecule has 0 aliphatic carbocycles. The molecule has 7 heteroatoms. The van der Waals surface area contributed by atoms with Gasteiger partial charge in [-0.15, -0.1) is 13.2 Å². The molecule has 1 aromatic heterocycles. The van der Waals surface area contributed by atoms with E-state index in [4.69, 9.17) is 4.42 Å². The Balaban J connectivity index is 2.00. The van der Waals surface area contributed by atoms with Crippen molar-refractivity contribution in [3.05, 3.63) is 53.5 Å². The maximum Gasteiger partial charge on any atom is 0.573 e. The Hall–Kier alpha value is -2.44. The predicted octanol–water partition coefficient (Wildman–Crippen LogP) is 3.98. The summed E-state index contributed by atoms with van der Waals surface area (Å²) in [6.07, 6.45) is -3.38. The highest BCUT2D eigenvalue weighted by atomic mass is 19.4. The highest BCUT2D eigenvalue weighted by molar-refractivity contribution is 5.94. The SMILES string of the molecule is Cc1cc(C(=O)N[C@@H](C)c2ccc(OC(F)(F)F)cc2)co1. The van der Waals surface area contributed by atoms with Crippen molar-refractivity contribution < 1.29 is 27.1 Å². The first-order chi connectivity index (χ1) is 10.2. The molecule has 4 nitrogen and oxygen atoms in total. The first-order valence-corrected chi connectivity index (χ1v) is 6.46. The second-order valence-electron chi connectivity index (χ2n) is 4.76. The summed E-state index contributed by atoms with van der Waals surface area (Å²) < 4.78 is 45.1. The van der Waals surface area contributed by atoms with Gasteiger partial charge in [0.1, 0.15) is 17.8 Å². The fourth-order valence-corrected chi connectivity index (χ4v) is 1.88. The van der Waals surface area contributed by atoms with Gasteiger partial charge in [-0.25, -0.2) is 0 Å². The van der Waals surface area contributed by atoms with E-state index in [1.165, 1.54) is 30.5 Å². The van der Waals surface area contributed by atoms with Crippen LogP contribution in [0.4, 0.5) is 13.2 Å². The molecule has 1 atom stereocenters. The molecule has 1 aromatic carbocycles. The first kappa shape index (κ1) is 15.9. The zero-order valence-electron chi connectivity index (χ0n) is 11.9. The molecule has 1 heterocycles. The smallest absolute Gasteiger partial charge is 0.469 e. The molecule has 2 rings (SSSR count). The van der Waals surface area contributed by atoms with Gasteiger partial charge in [-0.1, -0.05) is 12.1 Å². The summed E-state index contributed by atoms with van der Waals surface area (Å²) in [4.78, 5) is 12.0. The minimum atomic E-state index is -4.72. The van der Waals surface area contributed by atoms with Gasteiger partial charge >= 0.3 is 6.36 Å². The van der Waals surface area contributed by atoms with Gasteiger partial charge in [-0.3, -0.25) is 4.79 Å². The van der Waals surface area contributed by atoms with Crippen molar-refractivity contribution in [3.8, 4) is 5.75 Å². The number of hydrogen-bond donors (Lipinski definition) is 1. The molecule has 1 amide bonds. The second-order valence-corrected chi connectivity index (χ2v) is 4.76. The molecule has 0 aliphatic heterocycles. The molecular weight excluding hydrogens is 299 g/mol. The number of hydrogen-bond acceptors (Lipinski definition) is 3. The number of alkyl halides is 3. The third kappa shape index (κ3) is 4.28. The summed E-state index contributed by atoms with van der Waals surface area (Å²) in [5.74, 6) is -0.00772. The van der Waals surface area contributed by atoms with Crippen molar-refractivity contribution in [2.24, 2.45) is 0 Å². The van der Waals surface area contributed by atoms with E-state index in [1.807, 2.05) is 0 Å². The minimum absolute atomic E-state index is 0.305. The van der Waals surface area contributed by atoms with Crippen molar-refractivity contribution in [2.75, 3.05) is 0 Å². The molecule has 118 valence electrons. The molecule has 0 saturated carbocycles. The van der Waals surface area contributed by atoms with Crippen LogP contribution < -0.4 is 10.1 Å². The van der Waals surface area contributed by atoms with Crippen LogP contribution in [-0.4, -0.2) is 12.3 Å². The van der Waals surface area contributed by atoms with Gasteiger partial charge in [0.05, 0.1) is 11.6 Å². The Morgan fingerprint density at radius 3 is 2.41 bits per heavy atom. The van der Waals surface area contributed by atoms with Crippen LogP contribution in [0.1, 0.15) is 34.6 Å². The average Bonchev–Trinajstić information content (AvgIpc) is 2.84. The first-order valence-electron chi connectivity index (χ1n) is 6.46. The van der Waals surface area contributed by atoms with Crippen LogP contribution >= 0.6 is 0 Å². The Kier molecular flexibility index (Phi) is 4.44. The zero-order valence-corrected chi connectivity index (χ0v) is 11.9. The minimum Gasteiger partial charge on any atom is -0.469 e. The Morgan fingerprint density at radius 2 is 1.91 bits per heavy atom. The molecule has 0 aliphatic rings. The van der Waals surface area contributed by atoms with Crippen LogP contribution in [0.5, 0.6) is 5.75 Å².